The SMILES string of the molecule is Cc1nc(NC=O)nc(NCc2cn3cc(C4CC4)cc(N4CC(=O)N(C)C4=O)c3n2)n1. The van der Waals surface area contributed by atoms with Gasteiger partial charge in [0.1, 0.15) is 12.4 Å². The highest BCUT2D eigenvalue weighted by Gasteiger charge is 2.36. The quantitative estimate of drug-likeness (QED) is 0.418. The summed E-state index contributed by atoms with van der Waals surface area (Å²) >= 11 is 0. The van der Waals surface area contributed by atoms with Gasteiger partial charge in [-0.05, 0) is 37.3 Å². The van der Waals surface area contributed by atoms with Crippen molar-refractivity contribution in [3.8, 4) is 0 Å². The Labute approximate surface area is 182 Å². The molecule has 2 N–H and O–H groups in total. The molecule has 0 bridgehead atoms. The van der Waals surface area contributed by atoms with E-state index in [1.807, 2.05) is 22.9 Å². The van der Waals surface area contributed by atoms with Crippen LogP contribution in [-0.4, -0.2) is 61.2 Å². The molecule has 1 aliphatic heterocycles. The van der Waals surface area contributed by atoms with E-state index in [4.69, 9.17) is 4.98 Å². The van der Waals surface area contributed by atoms with Gasteiger partial charge in [-0.2, -0.15) is 15.0 Å². The average molecular weight is 435 g/mol. The van der Waals surface area contributed by atoms with E-state index in [2.05, 4.69) is 25.6 Å². The van der Waals surface area contributed by atoms with Crippen LogP contribution in [0.3, 0.4) is 0 Å². The summed E-state index contributed by atoms with van der Waals surface area (Å²) in [5, 5.41) is 5.50. The number of likely N-dealkylation sites (N-methyl/N-ethyl adjacent to an activating group) is 1. The molecule has 3 aromatic rings. The number of aryl methyl sites for hydroxylation is 1. The van der Waals surface area contributed by atoms with Gasteiger partial charge in [0.2, 0.25) is 24.2 Å². The number of imidazole rings is 1. The molecule has 2 aliphatic rings. The molecule has 12 heteroatoms. The molecule has 164 valence electrons. The fraction of sp³-hybridized carbons (Fsp3) is 0.350. The first-order valence-corrected chi connectivity index (χ1v) is 10.2. The molecular formula is C20H21N9O3. The van der Waals surface area contributed by atoms with Gasteiger partial charge in [0.15, 0.2) is 5.65 Å². The van der Waals surface area contributed by atoms with E-state index < -0.39 is 0 Å². The second-order valence-corrected chi connectivity index (χ2v) is 7.86. The largest absolute Gasteiger partial charge is 0.348 e. The maximum Gasteiger partial charge on any atom is 0.331 e. The number of carbonyl (C=O) groups is 3. The Morgan fingerprint density at radius 2 is 1.91 bits per heavy atom. The molecule has 1 saturated carbocycles. The van der Waals surface area contributed by atoms with Gasteiger partial charge < -0.3 is 9.72 Å². The van der Waals surface area contributed by atoms with Crippen LogP contribution in [0.2, 0.25) is 0 Å². The fourth-order valence-corrected chi connectivity index (χ4v) is 3.71. The molecule has 0 spiro atoms. The Morgan fingerprint density at radius 3 is 2.59 bits per heavy atom. The highest BCUT2D eigenvalue weighted by Crippen LogP contribution is 2.42. The average Bonchev–Trinajstić information content (AvgIpc) is 3.48. The zero-order valence-corrected chi connectivity index (χ0v) is 17.6. The van der Waals surface area contributed by atoms with E-state index in [-0.39, 0.29) is 24.4 Å². The maximum absolute atomic E-state index is 12.6. The first kappa shape index (κ1) is 19.8. The Hall–Kier alpha value is -4.09. The Bertz CT molecular complexity index is 1250. The molecule has 32 heavy (non-hydrogen) atoms. The Balaban J connectivity index is 1.46. The fourth-order valence-electron chi connectivity index (χ4n) is 3.71. The Morgan fingerprint density at radius 1 is 1.12 bits per heavy atom. The minimum absolute atomic E-state index is 0.00377. The number of hydrogen-bond donors (Lipinski definition) is 2. The number of anilines is 3. The van der Waals surface area contributed by atoms with Crippen LogP contribution in [0, 0.1) is 6.92 Å². The van der Waals surface area contributed by atoms with Crippen LogP contribution < -0.4 is 15.5 Å². The number of fused-ring (bicyclic) bond motifs is 1. The molecule has 0 aromatic carbocycles. The van der Waals surface area contributed by atoms with Crippen LogP contribution in [0.5, 0.6) is 0 Å². The molecule has 1 saturated heterocycles. The second-order valence-electron chi connectivity index (χ2n) is 7.86. The van der Waals surface area contributed by atoms with E-state index in [9.17, 15) is 14.4 Å². The summed E-state index contributed by atoms with van der Waals surface area (Å²) in [6, 6.07) is 1.61. The lowest BCUT2D eigenvalue weighted by Crippen LogP contribution is -2.30. The van der Waals surface area contributed by atoms with Gasteiger partial charge in [0.25, 0.3) is 0 Å². The number of hydrogen-bond acceptors (Lipinski definition) is 8. The number of imide groups is 1. The Kier molecular flexibility index (Phi) is 4.68. The predicted molar refractivity (Wildman–Crippen MR) is 114 cm³/mol. The summed E-state index contributed by atoms with van der Waals surface area (Å²) in [5.41, 5.74) is 3.04. The van der Waals surface area contributed by atoms with E-state index >= 15 is 0 Å². The molecule has 4 heterocycles. The zero-order valence-electron chi connectivity index (χ0n) is 17.6. The highest BCUT2D eigenvalue weighted by atomic mass is 16.2. The van der Waals surface area contributed by atoms with Crippen LogP contribution in [0.25, 0.3) is 5.65 Å². The molecule has 12 nitrogen and oxygen atoms in total. The van der Waals surface area contributed by atoms with E-state index in [1.54, 1.807) is 6.92 Å². The number of aromatic nitrogens is 5. The van der Waals surface area contributed by atoms with Gasteiger partial charge in [0.05, 0.1) is 17.9 Å². The van der Waals surface area contributed by atoms with E-state index in [0.717, 1.165) is 23.3 Å². The van der Waals surface area contributed by atoms with Crippen molar-refractivity contribution in [1.82, 2.24) is 29.2 Å². The molecule has 5 rings (SSSR count). The van der Waals surface area contributed by atoms with Crippen LogP contribution >= 0.6 is 0 Å². The van der Waals surface area contributed by atoms with Gasteiger partial charge >= 0.3 is 6.03 Å². The molecule has 0 unspecified atom stereocenters. The van der Waals surface area contributed by atoms with Crippen LogP contribution in [0.1, 0.15) is 35.8 Å². The lowest BCUT2D eigenvalue weighted by Gasteiger charge is -2.17. The van der Waals surface area contributed by atoms with Crippen molar-refractivity contribution >= 4 is 41.6 Å². The van der Waals surface area contributed by atoms with Crippen molar-refractivity contribution in [1.29, 1.82) is 0 Å². The number of rotatable bonds is 7. The molecule has 0 atom stereocenters. The predicted octanol–water partition coefficient (Wildman–Crippen LogP) is 1.28. The van der Waals surface area contributed by atoms with Crippen molar-refractivity contribution in [2.45, 2.75) is 32.2 Å². The summed E-state index contributed by atoms with van der Waals surface area (Å²) in [5.74, 6) is 1.13. The second kappa shape index (κ2) is 7.55. The number of pyridine rings is 1. The smallest absolute Gasteiger partial charge is 0.331 e. The summed E-state index contributed by atoms with van der Waals surface area (Å²) in [7, 11) is 1.48. The van der Waals surface area contributed by atoms with Crippen molar-refractivity contribution in [3.05, 3.63) is 35.5 Å². The normalized spacial score (nSPS) is 16.2. The van der Waals surface area contributed by atoms with E-state index in [1.165, 1.54) is 11.9 Å². The summed E-state index contributed by atoms with van der Waals surface area (Å²) in [6.45, 7) is 2.01. The highest BCUT2D eigenvalue weighted by molar-refractivity contribution is 6.13. The van der Waals surface area contributed by atoms with E-state index in [0.29, 0.717) is 47.7 Å². The first-order valence-electron chi connectivity index (χ1n) is 10.2. The number of nitrogens with one attached hydrogen (secondary N) is 2. The summed E-state index contributed by atoms with van der Waals surface area (Å²) in [6.07, 6.45) is 6.62. The van der Waals surface area contributed by atoms with Crippen LogP contribution in [0.4, 0.5) is 22.4 Å². The number of carbonyl (C=O) groups excluding carboxylic acids is 3. The van der Waals surface area contributed by atoms with Gasteiger partial charge in [-0.3, -0.25) is 24.7 Å². The van der Waals surface area contributed by atoms with Gasteiger partial charge in [-0.15, -0.1) is 0 Å². The third kappa shape index (κ3) is 3.59. The monoisotopic (exact) mass is 435 g/mol. The van der Waals surface area contributed by atoms with Crippen molar-refractivity contribution in [3.63, 3.8) is 0 Å². The maximum atomic E-state index is 12.6. The molecule has 3 aromatic heterocycles. The number of nitrogens with zero attached hydrogens (tertiary/aromatic N) is 7. The summed E-state index contributed by atoms with van der Waals surface area (Å²) < 4.78 is 1.90. The summed E-state index contributed by atoms with van der Waals surface area (Å²) in [4.78, 5) is 55.0. The molecular weight excluding hydrogens is 414 g/mol. The van der Waals surface area contributed by atoms with Gasteiger partial charge in [-0.1, -0.05) is 0 Å². The standard InChI is InChI=1S/C20H21N9O3/c1-11-23-18(26-19(24-11)22-10-30)21-6-14-8-28-7-13(12-3-4-12)5-15(17(28)25-14)29-9-16(31)27(2)20(29)32/h5,7-8,10,12H,3-4,6,9H2,1-2H3,(H2,21,22,23,24,26,30). The lowest BCUT2D eigenvalue weighted by atomic mass is 10.1. The lowest BCUT2D eigenvalue weighted by molar-refractivity contribution is -0.123. The zero-order chi connectivity index (χ0) is 22.4. The number of urea groups is 1. The van der Waals surface area contributed by atoms with Crippen molar-refractivity contribution in [2.75, 3.05) is 29.1 Å². The van der Waals surface area contributed by atoms with Crippen molar-refractivity contribution in [2.24, 2.45) is 0 Å². The topological polar surface area (TPSA) is 138 Å². The molecule has 0 radical (unpaired) electrons. The van der Waals surface area contributed by atoms with Gasteiger partial charge in [-0.25, -0.2) is 9.78 Å². The minimum Gasteiger partial charge on any atom is -0.348 e. The number of amides is 4. The van der Waals surface area contributed by atoms with Crippen molar-refractivity contribution < 1.29 is 14.4 Å². The first-order chi connectivity index (χ1) is 15.4. The van der Waals surface area contributed by atoms with Crippen LogP contribution in [0.15, 0.2) is 18.5 Å². The molecule has 2 fully saturated rings. The minimum atomic E-state index is -0.358. The molecule has 1 aliphatic carbocycles. The van der Waals surface area contributed by atoms with Crippen LogP contribution in [-0.2, 0) is 16.1 Å². The third-order valence-electron chi connectivity index (χ3n) is 5.49. The third-order valence-corrected chi connectivity index (χ3v) is 5.49. The van der Waals surface area contributed by atoms with Gasteiger partial charge in [0, 0.05) is 19.4 Å². The molecule has 4 amide bonds.